The fourth-order valence-electron chi connectivity index (χ4n) is 3.85. The minimum absolute atomic E-state index is 0.0329. The molecule has 7 heteroatoms. The minimum Gasteiger partial charge on any atom is -0.368 e. The quantitative estimate of drug-likeness (QED) is 0.493. The first-order valence-corrected chi connectivity index (χ1v) is 9.83. The van der Waals surface area contributed by atoms with Gasteiger partial charge in [0.15, 0.2) is 0 Å². The van der Waals surface area contributed by atoms with Gasteiger partial charge in [-0.2, -0.15) is 5.10 Å². The van der Waals surface area contributed by atoms with E-state index in [1.807, 2.05) is 54.2 Å². The Balaban J connectivity index is 1.55. The molecule has 6 nitrogen and oxygen atoms in total. The molecule has 1 unspecified atom stereocenters. The van der Waals surface area contributed by atoms with E-state index in [4.69, 9.17) is 5.73 Å². The Kier molecular flexibility index (Phi) is 5.37. The monoisotopic (exact) mass is 405 g/mol. The van der Waals surface area contributed by atoms with Gasteiger partial charge in [0.05, 0.1) is 11.9 Å². The zero-order chi connectivity index (χ0) is 21.3. The number of halogens is 1. The van der Waals surface area contributed by atoms with Crippen LogP contribution in [0.15, 0.2) is 60.9 Å². The molecule has 2 aromatic carbocycles. The summed E-state index contributed by atoms with van der Waals surface area (Å²) < 4.78 is 17.2. The lowest BCUT2D eigenvalue weighted by atomic mass is 10.1. The standard InChI is InChI=1S/C23H24FN5O/c1-15(21-12-27-29(16(21)2)19-7-5-6-18(24)10-19)26-11-17-13-28(14-23(25)30)22-9-4-3-8-20(17)22/h3-10,12-13,15,26H,11,14H2,1-2H3,(H2,25,30). The van der Waals surface area contributed by atoms with Crippen LogP contribution in [-0.4, -0.2) is 20.3 Å². The van der Waals surface area contributed by atoms with Crippen molar-refractivity contribution in [2.45, 2.75) is 33.0 Å². The van der Waals surface area contributed by atoms with Gasteiger partial charge in [0.25, 0.3) is 0 Å². The van der Waals surface area contributed by atoms with Crippen LogP contribution in [0.3, 0.4) is 0 Å². The summed E-state index contributed by atoms with van der Waals surface area (Å²) in [5.41, 5.74) is 10.2. The molecule has 0 aliphatic carbocycles. The molecule has 154 valence electrons. The molecule has 0 saturated carbocycles. The number of aromatic nitrogens is 3. The van der Waals surface area contributed by atoms with Crippen LogP contribution >= 0.6 is 0 Å². The highest BCUT2D eigenvalue weighted by molar-refractivity contribution is 5.85. The van der Waals surface area contributed by atoms with Crippen LogP contribution < -0.4 is 11.1 Å². The topological polar surface area (TPSA) is 77.9 Å². The lowest BCUT2D eigenvalue weighted by Gasteiger charge is -2.14. The van der Waals surface area contributed by atoms with Crippen LogP contribution in [0.1, 0.15) is 29.8 Å². The van der Waals surface area contributed by atoms with Gasteiger partial charge in [-0.1, -0.05) is 24.3 Å². The van der Waals surface area contributed by atoms with E-state index in [9.17, 15) is 9.18 Å². The summed E-state index contributed by atoms with van der Waals surface area (Å²) in [4.78, 5) is 11.4. The average Bonchev–Trinajstić information content (AvgIpc) is 3.27. The molecular weight excluding hydrogens is 381 g/mol. The summed E-state index contributed by atoms with van der Waals surface area (Å²) in [5.74, 6) is -0.661. The van der Waals surface area contributed by atoms with Crippen LogP contribution in [0, 0.1) is 12.7 Å². The molecule has 0 fully saturated rings. The van der Waals surface area contributed by atoms with Crippen molar-refractivity contribution in [1.82, 2.24) is 19.7 Å². The molecule has 0 aliphatic rings. The van der Waals surface area contributed by atoms with Gasteiger partial charge in [-0.05, 0) is 43.7 Å². The molecule has 4 rings (SSSR count). The number of carbonyl (C=O) groups is 1. The molecular formula is C23H24FN5O. The summed E-state index contributed by atoms with van der Waals surface area (Å²) in [6, 6.07) is 14.4. The molecule has 0 spiro atoms. The summed E-state index contributed by atoms with van der Waals surface area (Å²) in [5, 5.41) is 9.07. The van der Waals surface area contributed by atoms with Crippen molar-refractivity contribution >= 4 is 16.8 Å². The minimum atomic E-state index is -0.371. The zero-order valence-corrected chi connectivity index (χ0v) is 17.0. The second kappa shape index (κ2) is 8.12. The van der Waals surface area contributed by atoms with Crippen molar-refractivity contribution in [2.24, 2.45) is 5.73 Å². The number of hydrogen-bond acceptors (Lipinski definition) is 3. The second-order valence-corrected chi connectivity index (χ2v) is 7.45. The first kappa shape index (κ1) is 19.8. The Morgan fingerprint density at radius 3 is 2.80 bits per heavy atom. The number of hydrogen-bond donors (Lipinski definition) is 2. The van der Waals surface area contributed by atoms with Crippen LogP contribution in [0.2, 0.25) is 0 Å². The molecule has 0 radical (unpaired) electrons. The van der Waals surface area contributed by atoms with E-state index in [0.717, 1.165) is 27.7 Å². The number of para-hydroxylation sites is 1. The molecule has 0 saturated heterocycles. The highest BCUT2D eigenvalue weighted by atomic mass is 19.1. The normalized spacial score (nSPS) is 12.4. The molecule has 30 heavy (non-hydrogen) atoms. The molecule has 0 bridgehead atoms. The number of amides is 1. The maximum absolute atomic E-state index is 13.6. The first-order chi connectivity index (χ1) is 14.4. The summed E-state index contributed by atoms with van der Waals surface area (Å²) >= 11 is 0. The van der Waals surface area contributed by atoms with Gasteiger partial charge in [-0.3, -0.25) is 4.79 Å². The highest BCUT2D eigenvalue weighted by Crippen LogP contribution is 2.24. The molecule has 1 atom stereocenters. The van der Waals surface area contributed by atoms with E-state index in [2.05, 4.69) is 17.3 Å². The van der Waals surface area contributed by atoms with Gasteiger partial charge >= 0.3 is 0 Å². The van der Waals surface area contributed by atoms with Crippen molar-refractivity contribution in [1.29, 1.82) is 0 Å². The lowest BCUT2D eigenvalue weighted by Crippen LogP contribution is -2.19. The zero-order valence-electron chi connectivity index (χ0n) is 17.0. The summed E-state index contributed by atoms with van der Waals surface area (Å²) in [6.45, 7) is 4.82. The highest BCUT2D eigenvalue weighted by Gasteiger charge is 2.16. The SMILES string of the molecule is Cc1c(C(C)NCc2cn(CC(N)=O)c3ccccc23)cnn1-c1cccc(F)c1. The van der Waals surface area contributed by atoms with Crippen molar-refractivity contribution in [2.75, 3.05) is 0 Å². The smallest absolute Gasteiger partial charge is 0.237 e. The fourth-order valence-corrected chi connectivity index (χ4v) is 3.85. The van der Waals surface area contributed by atoms with Gasteiger partial charge in [0, 0.05) is 40.9 Å². The predicted octanol–water partition coefficient (Wildman–Crippen LogP) is 3.61. The van der Waals surface area contributed by atoms with Crippen LogP contribution in [-0.2, 0) is 17.9 Å². The maximum atomic E-state index is 13.6. The van der Waals surface area contributed by atoms with Crippen molar-refractivity contribution < 1.29 is 9.18 Å². The van der Waals surface area contributed by atoms with Gasteiger partial charge in [-0.25, -0.2) is 9.07 Å². The Labute approximate surface area is 174 Å². The maximum Gasteiger partial charge on any atom is 0.237 e. The lowest BCUT2D eigenvalue weighted by molar-refractivity contribution is -0.118. The Bertz CT molecular complexity index is 1210. The van der Waals surface area contributed by atoms with E-state index in [1.54, 1.807) is 10.7 Å². The van der Waals surface area contributed by atoms with Gasteiger partial charge in [0.2, 0.25) is 5.91 Å². The van der Waals surface area contributed by atoms with Gasteiger partial charge in [-0.15, -0.1) is 0 Å². The molecule has 3 N–H and O–H groups in total. The number of benzene rings is 2. The Hall–Kier alpha value is -3.45. The van der Waals surface area contributed by atoms with Crippen molar-refractivity contribution in [3.63, 3.8) is 0 Å². The van der Waals surface area contributed by atoms with E-state index in [-0.39, 0.29) is 24.3 Å². The third-order valence-electron chi connectivity index (χ3n) is 5.36. The number of fused-ring (bicyclic) bond motifs is 1. The van der Waals surface area contributed by atoms with E-state index < -0.39 is 0 Å². The van der Waals surface area contributed by atoms with Gasteiger partial charge < -0.3 is 15.6 Å². The Morgan fingerprint density at radius 2 is 2.03 bits per heavy atom. The number of nitrogens with zero attached hydrogens (tertiary/aromatic N) is 3. The molecule has 1 amide bonds. The third-order valence-corrected chi connectivity index (χ3v) is 5.36. The average molecular weight is 405 g/mol. The predicted molar refractivity (Wildman–Crippen MR) is 115 cm³/mol. The van der Waals surface area contributed by atoms with Crippen LogP contribution in [0.25, 0.3) is 16.6 Å². The first-order valence-electron chi connectivity index (χ1n) is 9.83. The Morgan fingerprint density at radius 1 is 1.23 bits per heavy atom. The summed E-state index contributed by atoms with van der Waals surface area (Å²) in [6.07, 6.45) is 3.78. The molecule has 4 aromatic rings. The molecule has 0 aliphatic heterocycles. The van der Waals surface area contributed by atoms with Crippen molar-refractivity contribution in [3.05, 3.63) is 83.6 Å². The third kappa shape index (κ3) is 3.84. The van der Waals surface area contributed by atoms with Gasteiger partial charge in [0.1, 0.15) is 12.4 Å². The van der Waals surface area contributed by atoms with E-state index in [1.165, 1.54) is 12.1 Å². The van der Waals surface area contributed by atoms with Crippen LogP contribution in [0.5, 0.6) is 0 Å². The second-order valence-electron chi connectivity index (χ2n) is 7.45. The van der Waals surface area contributed by atoms with E-state index in [0.29, 0.717) is 12.2 Å². The fraction of sp³-hybridized carbons (Fsp3) is 0.217. The number of nitrogens with one attached hydrogen (secondary N) is 1. The number of nitrogens with two attached hydrogens (primary N) is 1. The number of primary amides is 1. The van der Waals surface area contributed by atoms with Crippen molar-refractivity contribution in [3.8, 4) is 5.69 Å². The van der Waals surface area contributed by atoms with Crippen LogP contribution in [0.4, 0.5) is 4.39 Å². The summed E-state index contributed by atoms with van der Waals surface area (Å²) in [7, 11) is 0. The largest absolute Gasteiger partial charge is 0.368 e. The molecule has 2 heterocycles. The molecule has 2 aromatic heterocycles. The number of rotatable bonds is 7. The number of carbonyl (C=O) groups excluding carboxylic acids is 1. The van der Waals surface area contributed by atoms with E-state index >= 15 is 0 Å².